The van der Waals surface area contributed by atoms with E-state index in [0.29, 0.717) is 5.56 Å². The molecule has 1 atom stereocenters. The number of ether oxygens (including phenoxy) is 1. The molecular formula is C11H14ClNO5. The molecule has 1 unspecified atom stereocenters. The second-order valence-electron chi connectivity index (χ2n) is 3.49. The standard InChI is InChI=1S/C11H13NO5.ClH/c1-17-9-3-2-6(4-7(9)10(13)14)5-8(12)11(15)16;/h2-4,8H,5,12H2,1H3,(H,13,14)(H,15,16);1H. The Balaban J connectivity index is 0.00000289. The van der Waals surface area contributed by atoms with Gasteiger partial charge in [0.2, 0.25) is 0 Å². The zero-order valence-electron chi connectivity index (χ0n) is 9.62. The van der Waals surface area contributed by atoms with Gasteiger partial charge in [-0.1, -0.05) is 6.07 Å². The topological polar surface area (TPSA) is 110 Å². The van der Waals surface area contributed by atoms with Crippen LogP contribution in [0.3, 0.4) is 0 Å². The van der Waals surface area contributed by atoms with Crippen molar-refractivity contribution in [3.8, 4) is 5.75 Å². The van der Waals surface area contributed by atoms with Gasteiger partial charge >= 0.3 is 11.9 Å². The van der Waals surface area contributed by atoms with Crippen molar-refractivity contribution >= 4 is 24.3 Å². The Kier molecular flexibility index (Phi) is 6.15. The molecule has 0 saturated heterocycles. The molecule has 4 N–H and O–H groups in total. The van der Waals surface area contributed by atoms with Gasteiger partial charge in [0.1, 0.15) is 17.4 Å². The number of aliphatic carboxylic acids is 1. The summed E-state index contributed by atoms with van der Waals surface area (Å²) in [4.78, 5) is 21.5. The third kappa shape index (κ3) is 3.90. The first-order valence-corrected chi connectivity index (χ1v) is 4.84. The zero-order valence-corrected chi connectivity index (χ0v) is 10.4. The highest BCUT2D eigenvalue weighted by atomic mass is 35.5. The number of rotatable bonds is 5. The lowest BCUT2D eigenvalue weighted by molar-refractivity contribution is -0.138. The van der Waals surface area contributed by atoms with Crippen LogP contribution in [0.1, 0.15) is 15.9 Å². The lowest BCUT2D eigenvalue weighted by atomic mass is 10.0. The molecule has 1 aromatic carbocycles. The van der Waals surface area contributed by atoms with Crippen molar-refractivity contribution in [1.29, 1.82) is 0 Å². The molecule has 1 aromatic rings. The highest BCUT2D eigenvalue weighted by Gasteiger charge is 2.16. The van der Waals surface area contributed by atoms with Gasteiger partial charge in [-0.25, -0.2) is 4.79 Å². The molecule has 0 spiro atoms. The summed E-state index contributed by atoms with van der Waals surface area (Å²) in [6.45, 7) is 0. The smallest absolute Gasteiger partial charge is 0.339 e. The van der Waals surface area contributed by atoms with E-state index >= 15 is 0 Å². The Morgan fingerprint density at radius 2 is 2.00 bits per heavy atom. The molecule has 0 aliphatic heterocycles. The summed E-state index contributed by atoms with van der Waals surface area (Å²) in [6, 6.07) is 3.39. The summed E-state index contributed by atoms with van der Waals surface area (Å²) in [6.07, 6.45) is 0.0691. The Hall–Kier alpha value is -1.79. The van der Waals surface area contributed by atoms with Crippen molar-refractivity contribution in [2.45, 2.75) is 12.5 Å². The van der Waals surface area contributed by atoms with Gasteiger partial charge in [0, 0.05) is 0 Å². The Morgan fingerprint density at radius 1 is 1.39 bits per heavy atom. The van der Waals surface area contributed by atoms with Crippen molar-refractivity contribution in [2.24, 2.45) is 5.73 Å². The minimum absolute atomic E-state index is 0. The van der Waals surface area contributed by atoms with Gasteiger partial charge in [-0.2, -0.15) is 0 Å². The fraction of sp³-hybridized carbons (Fsp3) is 0.273. The molecule has 0 heterocycles. The molecule has 1 rings (SSSR count). The molecule has 0 aromatic heterocycles. The summed E-state index contributed by atoms with van der Waals surface area (Å²) >= 11 is 0. The van der Waals surface area contributed by atoms with Crippen molar-refractivity contribution < 1.29 is 24.5 Å². The summed E-state index contributed by atoms with van der Waals surface area (Å²) < 4.78 is 4.89. The van der Waals surface area contributed by atoms with E-state index < -0.39 is 18.0 Å². The molecule has 0 amide bonds. The Labute approximate surface area is 110 Å². The van der Waals surface area contributed by atoms with Crippen LogP contribution in [0.25, 0.3) is 0 Å². The molecule has 0 aliphatic rings. The predicted molar refractivity (Wildman–Crippen MR) is 66.5 cm³/mol. The first-order chi connectivity index (χ1) is 7.95. The summed E-state index contributed by atoms with van der Waals surface area (Å²) in [7, 11) is 1.37. The van der Waals surface area contributed by atoms with E-state index in [0.717, 1.165) is 0 Å². The van der Waals surface area contributed by atoms with E-state index in [9.17, 15) is 9.59 Å². The van der Waals surface area contributed by atoms with Gasteiger partial charge < -0.3 is 20.7 Å². The zero-order chi connectivity index (χ0) is 13.0. The van der Waals surface area contributed by atoms with E-state index in [1.54, 1.807) is 6.07 Å². The SMILES string of the molecule is COc1ccc(CC(N)C(=O)O)cc1C(=O)O.Cl. The van der Waals surface area contributed by atoms with Crippen molar-refractivity contribution in [3.63, 3.8) is 0 Å². The van der Waals surface area contributed by atoms with Crippen LogP contribution in [-0.2, 0) is 11.2 Å². The second-order valence-corrected chi connectivity index (χ2v) is 3.49. The summed E-state index contributed by atoms with van der Waals surface area (Å²) in [5.41, 5.74) is 5.90. The van der Waals surface area contributed by atoms with Crippen LogP contribution >= 0.6 is 12.4 Å². The van der Waals surface area contributed by atoms with E-state index in [4.69, 9.17) is 20.7 Å². The van der Waals surface area contributed by atoms with E-state index in [-0.39, 0.29) is 30.1 Å². The average molecular weight is 276 g/mol. The maximum absolute atomic E-state index is 10.9. The lowest BCUT2D eigenvalue weighted by Crippen LogP contribution is -2.32. The van der Waals surface area contributed by atoms with Gasteiger partial charge in [0.15, 0.2) is 0 Å². The lowest BCUT2D eigenvalue weighted by Gasteiger charge is -2.09. The van der Waals surface area contributed by atoms with Gasteiger partial charge in [-0.15, -0.1) is 12.4 Å². The molecule has 7 heteroatoms. The maximum Gasteiger partial charge on any atom is 0.339 e. The first kappa shape index (κ1) is 16.2. The number of nitrogens with two attached hydrogens (primary N) is 1. The monoisotopic (exact) mass is 275 g/mol. The van der Waals surface area contributed by atoms with Crippen molar-refractivity contribution in [2.75, 3.05) is 7.11 Å². The van der Waals surface area contributed by atoms with Crippen molar-refractivity contribution in [1.82, 2.24) is 0 Å². The minimum atomic E-state index is -1.13. The molecule has 18 heavy (non-hydrogen) atoms. The third-order valence-electron chi connectivity index (χ3n) is 2.27. The number of halogens is 1. The third-order valence-corrected chi connectivity index (χ3v) is 2.27. The van der Waals surface area contributed by atoms with Gasteiger partial charge in [-0.05, 0) is 24.1 Å². The van der Waals surface area contributed by atoms with Crippen LogP contribution in [0.15, 0.2) is 18.2 Å². The maximum atomic E-state index is 10.9. The quantitative estimate of drug-likeness (QED) is 0.732. The highest BCUT2D eigenvalue weighted by molar-refractivity contribution is 5.91. The Bertz CT molecular complexity index is 449. The molecule has 0 fully saturated rings. The number of methoxy groups -OCH3 is 1. The molecule has 0 bridgehead atoms. The summed E-state index contributed by atoms with van der Waals surface area (Å²) in [5.74, 6) is -2.03. The number of carbonyl (C=O) groups is 2. The fourth-order valence-electron chi connectivity index (χ4n) is 1.39. The van der Waals surface area contributed by atoms with Gasteiger partial charge in [0.25, 0.3) is 0 Å². The molecule has 0 radical (unpaired) electrons. The normalized spacial score (nSPS) is 11.2. The van der Waals surface area contributed by atoms with Crippen molar-refractivity contribution in [3.05, 3.63) is 29.3 Å². The predicted octanol–water partition coefficient (Wildman–Crippen LogP) is 0.770. The molecule has 0 saturated carbocycles. The van der Waals surface area contributed by atoms with Crippen LogP contribution in [0, 0.1) is 0 Å². The molecule has 6 nitrogen and oxygen atoms in total. The number of carboxylic acids is 2. The fourth-order valence-corrected chi connectivity index (χ4v) is 1.39. The molecule has 100 valence electrons. The number of benzene rings is 1. The van der Waals surface area contributed by atoms with Crippen LogP contribution in [0.5, 0.6) is 5.75 Å². The first-order valence-electron chi connectivity index (χ1n) is 4.84. The van der Waals surface area contributed by atoms with Crippen LogP contribution in [0.2, 0.25) is 0 Å². The van der Waals surface area contributed by atoms with Crippen LogP contribution in [-0.4, -0.2) is 35.3 Å². The van der Waals surface area contributed by atoms with E-state index in [2.05, 4.69) is 0 Å². The molecule has 0 aliphatic carbocycles. The molecular weight excluding hydrogens is 262 g/mol. The van der Waals surface area contributed by atoms with E-state index in [1.165, 1.54) is 19.2 Å². The number of hydrogen-bond acceptors (Lipinski definition) is 4. The Morgan fingerprint density at radius 3 is 2.44 bits per heavy atom. The highest BCUT2D eigenvalue weighted by Crippen LogP contribution is 2.20. The number of carboxylic acid groups (broad SMARTS) is 2. The number of hydrogen-bond donors (Lipinski definition) is 3. The van der Waals surface area contributed by atoms with Gasteiger partial charge in [-0.3, -0.25) is 4.79 Å². The largest absolute Gasteiger partial charge is 0.496 e. The average Bonchev–Trinajstić information content (AvgIpc) is 2.28. The minimum Gasteiger partial charge on any atom is -0.496 e. The van der Waals surface area contributed by atoms with Gasteiger partial charge in [0.05, 0.1) is 7.11 Å². The number of aromatic carboxylic acids is 1. The van der Waals surface area contributed by atoms with E-state index in [1.807, 2.05) is 0 Å². The van der Waals surface area contributed by atoms with Crippen LogP contribution < -0.4 is 10.5 Å². The second kappa shape index (κ2) is 6.83. The van der Waals surface area contributed by atoms with Crippen LogP contribution in [0.4, 0.5) is 0 Å². The summed E-state index contributed by atoms with van der Waals surface area (Å²) in [5, 5.41) is 17.6.